The number of fused-ring (bicyclic) bond motifs is 1. The van der Waals surface area contributed by atoms with Crippen molar-refractivity contribution in [1.29, 1.82) is 0 Å². The first-order valence-corrected chi connectivity index (χ1v) is 8.86. The van der Waals surface area contributed by atoms with Crippen LogP contribution in [0.15, 0.2) is 65.3 Å². The molecule has 128 valence electrons. The second-order valence-corrected chi connectivity index (χ2v) is 6.51. The van der Waals surface area contributed by atoms with E-state index in [0.29, 0.717) is 6.54 Å². The van der Waals surface area contributed by atoms with Crippen molar-refractivity contribution in [3.63, 3.8) is 0 Å². The van der Waals surface area contributed by atoms with Crippen LogP contribution < -0.4 is 5.32 Å². The van der Waals surface area contributed by atoms with Crippen LogP contribution in [0.25, 0.3) is 10.8 Å². The van der Waals surface area contributed by atoms with Gasteiger partial charge < -0.3 is 9.73 Å². The molecule has 2 aromatic carbocycles. The molecule has 1 amide bonds. The molecule has 0 spiro atoms. The molecule has 1 aromatic heterocycles. The fraction of sp³-hybridized carbons (Fsp3) is 0.286. The topological polar surface area (TPSA) is 45.5 Å². The van der Waals surface area contributed by atoms with E-state index in [2.05, 4.69) is 10.2 Å². The molecule has 4 nitrogen and oxygen atoms in total. The van der Waals surface area contributed by atoms with Crippen molar-refractivity contribution in [3.8, 4) is 0 Å². The molecule has 0 saturated carbocycles. The molecule has 1 N–H and O–H groups in total. The van der Waals surface area contributed by atoms with E-state index < -0.39 is 0 Å². The van der Waals surface area contributed by atoms with Crippen molar-refractivity contribution in [2.24, 2.45) is 0 Å². The lowest BCUT2D eigenvalue weighted by atomic mass is 10.0. The first-order valence-electron chi connectivity index (χ1n) is 8.86. The van der Waals surface area contributed by atoms with Crippen molar-refractivity contribution in [3.05, 3.63) is 72.2 Å². The predicted octanol–water partition coefficient (Wildman–Crippen LogP) is 4.00. The van der Waals surface area contributed by atoms with Gasteiger partial charge in [-0.1, -0.05) is 36.4 Å². The summed E-state index contributed by atoms with van der Waals surface area (Å²) in [5, 5.41) is 5.18. The molecular weight excluding hydrogens is 312 g/mol. The van der Waals surface area contributed by atoms with E-state index >= 15 is 0 Å². The van der Waals surface area contributed by atoms with Crippen molar-refractivity contribution in [2.75, 3.05) is 19.6 Å². The number of likely N-dealkylation sites (tertiary alicyclic amines) is 1. The Hall–Kier alpha value is -2.59. The van der Waals surface area contributed by atoms with Gasteiger partial charge in [-0.2, -0.15) is 0 Å². The molecule has 1 atom stereocenters. The van der Waals surface area contributed by atoms with E-state index in [1.54, 1.807) is 6.26 Å². The van der Waals surface area contributed by atoms with Crippen LogP contribution in [0.1, 0.15) is 35.0 Å². The molecule has 3 aromatic rings. The second-order valence-electron chi connectivity index (χ2n) is 6.51. The minimum atomic E-state index is -0.0347. The molecule has 4 rings (SSSR count). The van der Waals surface area contributed by atoms with E-state index in [9.17, 15) is 4.79 Å². The Morgan fingerprint density at radius 1 is 1.04 bits per heavy atom. The van der Waals surface area contributed by atoms with Crippen LogP contribution in [0.5, 0.6) is 0 Å². The molecule has 25 heavy (non-hydrogen) atoms. The van der Waals surface area contributed by atoms with E-state index in [-0.39, 0.29) is 11.9 Å². The Labute approximate surface area is 147 Å². The maximum atomic E-state index is 12.8. The van der Waals surface area contributed by atoms with Crippen LogP contribution in [0.2, 0.25) is 0 Å². The largest absolute Gasteiger partial charge is 0.468 e. The molecule has 2 heterocycles. The lowest BCUT2D eigenvalue weighted by Gasteiger charge is -2.26. The van der Waals surface area contributed by atoms with Crippen molar-refractivity contribution in [1.82, 2.24) is 10.2 Å². The van der Waals surface area contributed by atoms with Crippen LogP contribution in [0, 0.1) is 0 Å². The van der Waals surface area contributed by atoms with Gasteiger partial charge in [-0.15, -0.1) is 0 Å². The first kappa shape index (κ1) is 15.9. The van der Waals surface area contributed by atoms with E-state index in [0.717, 1.165) is 35.2 Å². The number of nitrogens with zero attached hydrogens (tertiary/aromatic N) is 1. The molecule has 1 fully saturated rings. The second kappa shape index (κ2) is 7.11. The van der Waals surface area contributed by atoms with Gasteiger partial charge in [0, 0.05) is 12.1 Å². The van der Waals surface area contributed by atoms with Gasteiger partial charge in [0.25, 0.3) is 5.91 Å². The van der Waals surface area contributed by atoms with Gasteiger partial charge >= 0.3 is 0 Å². The summed E-state index contributed by atoms with van der Waals surface area (Å²) in [6.45, 7) is 2.65. The number of carbonyl (C=O) groups excluding carboxylic acids is 1. The van der Waals surface area contributed by atoms with Gasteiger partial charge in [0.1, 0.15) is 5.76 Å². The maximum absolute atomic E-state index is 12.8. The van der Waals surface area contributed by atoms with Crippen LogP contribution in [-0.4, -0.2) is 30.4 Å². The third-order valence-electron chi connectivity index (χ3n) is 4.94. The molecule has 1 aliphatic heterocycles. The molecule has 0 aliphatic carbocycles. The minimum absolute atomic E-state index is 0.0347. The van der Waals surface area contributed by atoms with Crippen LogP contribution in [0.3, 0.4) is 0 Å². The molecule has 1 aliphatic rings. The maximum Gasteiger partial charge on any atom is 0.251 e. The number of furan rings is 1. The van der Waals surface area contributed by atoms with Crippen molar-refractivity contribution >= 4 is 16.7 Å². The number of nitrogens with one attached hydrogen (secondary N) is 1. The van der Waals surface area contributed by atoms with Gasteiger partial charge in [0.2, 0.25) is 0 Å². The van der Waals surface area contributed by atoms with Gasteiger partial charge in [0.05, 0.1) is 12.3 Å². The summed E-state index contributed by atoms with van der Waals surface area (Å²) < 4.78 is 5.62. The Morgan fingerprint density at radius 3 is 2.64 bits per heavy atom. The zero-order valence-electron chi connectivity index (χ0n) is 14.2. The molecule has 4 heteroatoms. The standard InChI is InChI=1S/C21H22N2O2/c24-21(18-10-5-8-16-7-1-2-9-17(16)18)22-15-19(20-11-6-14-25-20)23-12-3-4-13-23/h1-2,5-11,14,19H,3-4,12-13,15H2,(H,22,24). The summed E-state index contributed by atoms with van der Waals surface area (Å²) in [5.41, 5.74) is 0.720. The predicted molar refractivity (Wildman–Crippen MR) is 98.5 cm³/mol. The lowest BCUT2D eigenvalue weighted by Crippen LogP contribution is -2.36. The third kappa shape index (κ3) is 3.30. The van der Waals surface area contributed by atoms with E-state index in [1.165, 1.54) is 12.8 Å². The van der Waals surface area contributed by atoms with Crippen LogP contribution in [0.4, 0.5) is 0 Å². The number of rotatable bonds is 5. The summed E-state index contributed by atoms with van der Waals surface area (Å²) in [4.78, 5) is 15.2. The van der Waals surface area contributed by atoms with Crippen LogP contribution >= 0.6 is 0 Å². The molecule has 1 unspecified atom stereocenters. The Balaban J connectivity index is 1.53. The molecule has 1 saturated heterocycles. The zero-order valence-corrected chi connectivity index (χ0v) is 14.2. The van der Waals surface area contributed by atoms with Gasteiger partial charge in [-0.05, 0) is 54.9 Å². The summed E-state index contributed by atoms with van der Waals surface area (Å²) in [6.07, 6.45) is 4.11. The van der Waals surface area contributed by atoms with Gasteiger partial charge in [0.15, 0.2) is 0 Å². The monoisotopic (exact) mass is 334 g/mol. The van der Waals surface area contributed by atoms with E-state index in [4.69, 9.17) is 4.42 Å². The number of hydrogen-bond donors (Lipinski definition) is 1. The fourth-order valence-corrected chi connectivity index (χ4v) is 3.65. The Morgan fingerprint density at radius 2 is 1.84 bits per heavy atom. The third-order valence-corrected chi connectivity index (χ3v) is 4.94. The SMILES string of the molecule is O=C(NCC(c1ccco1)N1CCCC1)c1cccc2ccccc12. The Kier molecular flexibility index (Phi) is 4.53. The van der Waals surface area contributed by atoms with Crippen molar-refractivity contribution < 1.29 is 9.21 Å². The summed E-state index contributed by atoms with van der Waals surface area (Å²) >= 11 is 0. The first-order chi connectivity index (χ1) is 12.3. The average Bonchev–Trinajstić information content (AvgIpc) is 3.36. The highest BCUT2D eigenvalue weighted by molar-refractivity contribution is 6.07. The zero-order chi connectivity index (χ0) is 17.1. The van der Waals surface area contributed by atoms with Crippen molar-refractivity contribution in [2.45, 2.75) is 18.9 Å². The molecule has 0 bridgehead atoms. The normalized spacial score (nSPS) is 16.2. The molecule has 0 radical (unpaired) electrons. The number of hydrogen-bond acceptors (Lipinski definition) is 3. The summed E-state index contributed by atoms with van der Waals surface area (Å²) in [5.74, 6) is 0.882. The van der Waals surface area contributed by atoms with Gasteiger partial charge in [-0.25, -0.2) is 0 Å². The number of benzene rings is 2. The summed E-state index contributed by atoms with van der Waals surface area (Å²) in [7, 11) is 0. The van der Waals surface area contributed by atoms with Gasteiger partial charge in [-0.3, -0.25) is 9.69 Å². The smallest absolute Gasteiger partial charge is 0.251 e. The highest BCUT2D eigenvalue weighted by atomic mass is 16.3. The number of carbonyl (C=O) groups is 1. The number of amides is 1. The summed E-state index contributed by atoms with van der Waals surface area (Å²) in [6, 6.07) is 17.8. The lowest BCUT2D eigenvalue weighted by molar-refractivity contribution is 0.0935. The highest BCUT2D eigenvalue weighted by Gasteiger charge is 2.26. The highest BCUT2D eigenvalue weighted by Crippen LogP contribution is 2.25. The molecular formula is C21H22N2O2. The van der Waals surface area contributed by atoms with Crippen LogP contribution in [-0.2, 0) is 0 Å². The quantitative estimate of drug-likeness (QED) is 0.767. The average molecular weight is 334 g/mol. The Bertz CT molecular complexity index is 846. The minimum Gasteiger partial charge on any atom is -0.468 e. The van der Waals surface area contributed by atoms with E-state index in [1.807, 2.05) is 54.6 Å². The fourth-order valence-electron chi connectivity index (χ4n) is 3.65.